The number of ether oxygens (including phenoxy) is 1. The summed E-state index contributed by atoms with van der Waals surface area (Å²) in [6, 6.07) is 8.64. The van der Waals surface area contributed by atoms with Crippen LogP contribution in [0.25, 0.3) is 0 Å². The maximum Gasteiger partial charge on any atom is 0.252 e. The molecule has 22 heavy (non-hydrogen) atoms. The number of amides is 1. The molecule has 0 atom stereocenters. The van der Waals surface area contributed by atoms with E-state index in [0.29, 0.717) is 24.5 Å². The number of hydrogen-bond acceptors (Lipinski definition) is 3. The van der Waals surface area contributed by atoms with E-state index < -0.39 is 0 Å². The highest BCUT2D eigenvalue weighted by Crippen LogP contribution is 2.11. The summed E-state index contributed by atoms with van der Waals surface area (Å²) in [5.41, 5.74) is 0.177. The minimum Gasteiger partial charge on any atom is -0.494 e. The van der Waals surface area contributed by atoms with E-state index in [0.717, 1.165) is 12.8 Å². The number of aromatic nitrogens is 1. The SMILES string of the molecule is O=C(NCCCCOc1ccc(F)cc1)c1ccc(=O)[nH]c1. The van der Waals surface area contributed by atoms with Gasteiger partial charge < -0.3 is 15.0 Å². The van der Waals surface area contributed by atoms with Crippen LogP contribution in [0.5, 0.6) is 5.75 Å². The summed E-state index contributed by atoms with van der Waals surface area (Å²) in [7, 11) is 0. The Morgan fingerprint density at radius 2 is 1.91 bits per heavy atom. The Morgan fingerprint density at radius 3 is 2.59 bits per heavy atom. The third-order valence-electron chi connectivity index (χ3n) is 2.99. The van der Waals surface area contributed by atoms with Crippen LogP contribution in [0.2, 0.25) is 0 Å². The number of nitrogens with one attached hydrogen (secondary N) is 2. The van der Waals surface area contributed by atoms with Crippen molar-refractivity contribution in [3.8, 4) is 5.75 Å². The van der Waals surface area contributed by atoms with Gasteiger partial charge in [0.15, 0.2) is 0 Å². The van der Waals surface area contributed by atoms with E-state index in [-0.39, 0.29) is 17.3 Å². The van der Waals surface area contributed by atoms with Crippen LogP contribution in [0.1, 0.15) is 23.2 Å². The van der Waals surface area contributed by atoms with Crippen molar-refractivity contribution in [2.75, 3.05) is 13.2 Å². The molecule has 0 saturated heterocycles. The van der Waals surface area contributed by atoms with Gasteiger partial charge in [-0.1, -0.05) is 0 Å². The first-order valence-electron chi connectivity index (χ1n) is 7.00. The molecular weight excluding hydrogens is 287 g/mol. The molecule has 2 rings (SSSR count). The quantitative estimate of drug-likeness (QED) is 0.770. The molecule has 0 aliphatic heterocycles. The predicted octanol–water partition coefficient (Wildman–Crippen LogP) is 2.10. The summed E-state index contributed by atoms with van der Waals surface area (Å²) in [5, 5.41) is 2.76. The van der Waals surface area contributed by atoms with Gasteiger partial charge in [0.2, 0.25) is 5.56 Å². The highest BCUT2D eigenvalue weighted by atomic mass is 19.1. The predicted molar refractivity (Wildman–Crippen MR) is 80.5 cm³/mol. The zero-order valence-corrected chi connectivity index (χ0v) is 12.0. The lowest BCUT2D eigenvalue weighted by atomic mass is 10.2. The van der Waals surface area contributed by atoms with Crippen LogP contribution in [0, 0.1) is 5.82 Å². The monoisotopic (exact) mass is 304 g/mol. The molecule has 0 aliphatic carbocycles. The molecule has 0 saturated carbocycles. The van der Waals surface area contributed by atoms with E-state index >= 15 is 0 Å². The van der Waals surface area contributed by atoms with E-state index in [1.54, 1.807) is 12.1 Å². The van der Waals surface area contributed by atoms with Crippen LogP contribution in [-0.2, 0) is 0 Å². The third kappa shape index (κ3) is 5.05. The normalized spacial score (nSPS) is 10.2. The number of carbonyl (C=O) groups is 1. The second-order valence-corrected chi connectivity index (χ2v) is 4.71. The number of H-pyrrole nitrogens is 1. The van der Waals surface area contributed by atoms with Crippen LogP contribution < -0.4 is 15.6 Å². The van der Waals surface area contributed by atoms with Gasteiger partial charge >= 0.3 is 0 Å². The maximum absolute atomic E-state index is 12.7. The Hall–Kier alpha value is -2.63. The van der Waals surface area contributed by atoms with Crippen molar-refractivity contribution in [2.45, 2.75) is 12.8 Å². The molecule has 0 aliphatic rings. The van der Waals surface area contributed by atoms with E-state index in [9.17, 15) is 14.0 Å². The Morgan fingerprint density at radius 1 is 1.14 bits per heavy atom. The van der Waals surface area contributed by atoms with Crippen molar-refractivity contribution in [3.63, 3.8) is 0 Å². The van der Waals surface area contributed by atoms with Crippen LogP contribution in [-0.4, -0.2) is 24.0 Å². The van der Waals surface area contributed by atoms with Gasteiger partial charge in [0, 0.05) is 18.8 Å². The Bertz CT molecular complexity index is 647. The van der Waals surface area contributed by atoms with Gasteiger partial charge in [0.25, 0.3) is 5.91 Å². The molecule has 1 aromatic heterocycles. The average Bonchev–Trinajstić information content (AvgIpc) is 2.53. The summed E-state index contributed by atoms with van der Waals surface area (Å²) in [4.78, 5) is 25.1. The van der Waals surface area contributed by atoms with Gasteiger partial charge in [-0.25, -0.2) is 4.39 Å². The Kier molecular flexibility index (Phi) is 5.71. The molecule has 0 fully saturated rings. The summed E-state index contributed by atoms with van der Waals surface area (Å²) < 4.78 is 18.1. The lowest BCUT2D eigenvalue weighted by Crippen LogP contribution is -2.25. The Labute approximate surface area is 127 Å². The summed E-state index contributed by atoms with van der Waals surface area (Å²) in [5.74, 6) is 0.103. The number of halogens is 1. The largest absolute Gasteiger partial charge is 0.494 e. The zero-order chi connectivity index (χ0) is 15.8. The van der Waals surface area contributed by atoms with Crippen molar-refractivity contribution in [1.29, 1.82) is 0 Å². The molecule has 0 bridgehead atoms. The second-order valence-electron chi connectivity index (χ2n) is 4.71. The number of rotatable bonds is 7. The molecule has 1 amide bonds. The topological polar surface area (TPSA) is 71.2 Å². The van der Waals surface area contributed by atoms with Crippen LogP contribution >= 0.6 is 0 Å². The fourth-order valence-electron chi connectivity index (χ4n) is 1.80. The number of pyridine rings is 1. The first-order chi connectivity index (χ1) is 10.6. The highest BCUT2D eigenvalue weighted by molar-refractivity contribution is 5.93. The standard InChI is InChI=1S/C16H17FN2O3/c17-13-4-6-14(7-5-13)22-10-2-1-9-18-16(21)12-3-8-15(20)19-11-12/h3-8,11H,1-2,9-10H2,(H,18,21)(H,19,20). The van der Waals surface area contributed by atoms with Crippen molar-refractivity contribution < 1.29 is 13.9 Å². The number of carbonyl (C=O) groups excluding carboxylic acids is 1. The van der Waals surface area contributed by atoms with E-state index in [4.69, 9.17) is 4.74 Å². The molecule has 0 unspecified atom stereocenters. The molecule has 0 radical (unpaired) electrons. The van der Waals surface area contributed by atoms with E-state index in [1.165, 1.54) is 30.5 Å². The first kappa shape index (κ1) is 15.8. The molecule has 1 aromatic carbocycles. The lowest BCUT2D eigenvalue weighted by Gasteiger charge is -2.07. The fourth-order valence-corrected chi connectivity index (χ4v) is 1.80. The highest BCUT2D eigenvalue weighted by Gasteiger charge is 2.04. The summed E-state index contributed by atoms with van der Waals surface area (Å²) in [6.45, 7) is 1.02. The van der Waals surface area contributed by atoms with Gasteiger partial charge in [0.1, 0.15) is 11.6 Å². The fraction of sp³-hybridized carbons (Fsp3) is 0.250. The van der Waals surface area contributed by atoms with Crippen LogP contribution in [0.15, 0.2) is 47.4 Å². The number of unbranched alkanes of at least 4 members (excludes halogenated alkanes) is 1. The molecule has 2 aromatic rings. The summed E-state index contributed by atoms with van der Waals surface area (Å²) >= 11 is 0. The van der Waals surface area contributed by atoms with Crippen molar-refractivity contribution in [1.82, 2.24) is 10.3 Å². The van der Waals surface area contributed by atoms with Crippen molar-refractivity contribution in [3.05, 3.63) is 64.3 Å². The van der Waals surface area contributed by atoms with Gasteiger partial charge in [-0.15, -0.1) is 0 Å². The van der Waals surface area contributed by atoms with E-state index in [2.05, 4.69) is 10.3 Å². The van der Waals surface area contributed by atoms with Gasteiger partial charge in [0.05, 0.1) is 12.2 Å². The minimum absolute atomic E-state index is 0.226. The molecule has 1 heterocycles. The van der Waals surface area contributed by atoms with Gasteiger partial charge in [-0.05, 0) is 43.2 Å². The first-order valence-corrected chi connectivity index (χ1v) is 7.00. The molecular formula is C16H17FN2O3. The van der Waals surface area contributed by atoms with Gasteiger partial charge in [-0.3, -0.25) is 9.59 Å². The van der Waals surface area contributed by atoms with Crippen molar-refractivity contribution >= 4 is 5.91 Å². The molecule has 6 heteroatoms. The summed E-state index contributed by atoms with van der Waals surface area (Å²) in [6.07, 6.45) is 2.91. The van der Waals surface area contributed by atoms with Crippen molar-refractivity contribution in [2.24, 2.45) is 0 Å². The maximum atomic E-state index is 12.7. The minimum atomic E-state index is -0.294. The van der Waals surface area contributed by atoms with Gasteiger partial charge in [-0.2, -0.15) is 0 Å². The zero-order valence-electron chi connectivity index (χ0n) is 12.0. The lowest BCUT2D eigenvalue weighted by molar-refractivity contribution is 0.0952. The number of hydrogen-bond donors (Lipinski definition) is 2. The van der Waals surface area contributed by atoms with E-state index in [1.807, 2.05) is 0 Å². The van der Waals surface area contributed by atoms with Crippen LogP contribution in [0.4, 0.5) is 4.39 Å². The molecule has 2 N–H and O–H groups in total. The molecule has 5 nitrogen and oxygen atoms in total. The number of benzene rings is 1. The average molecular weight is 304 g/mol. The second kappa shape index (κ2) is 7.97. The molecule has 0 spiro atoms. The smallest absolute Gasteiger partial charge is 0.252 e. The molecule has 116 valence electrons. The third-order valence-corrected chi connectivity index (χ3v) is 2.99. The van der Waals surface area contributed by atoms with Crippen LogP contribution in [0.3, 0.4) is 0 Å². The Balaban J connectivity index is 1.61. The number of aromatic amines is 1.